The number of amides is 1. The van der Waals surface area contributed by atoms with Gasteiger partial charge in [-0.3, -0.25) is 4.79 Å². The van der Waals surface area contributed by atoms with Crippen LogP contribution in [-0.4, -0.2) is 10.5 Å². The Hall–Kier alpha value is -0.960. The van der Waals surface area contributed by atoms with E-state index in [1.54, 1.807) is 0 Å². The van der Waals surface area contributed by atoms with Gasteiger partial charge < -0.3 is 5.32 Å². The van der Waals surface area contributed by atoms with E-state index < -0.39 is 0 Å². The molecule has 0 spiro atoms. The fourth-order valence-electron chi connectivity index (χ4n) is 1.07. The lowest BCUT2D eigenvalue weighted by Crippen LogP contribution is -2.08. The number of hydrogen-bond acceptors (Lipinski definition) is 2. The zero-order valence-corrected chi connectivity index (χ0v) is 9.52. The van der Waals surface area contributed by atoms with Gasteiger partial charge in [-0.05, 0) is 18.6 Å². The van der Waals surface area contributed by atoms with Crippen molar-refractivity contribution in [3.63, 3.8) is 0 Å². The van der Waals surface area contributed by atoms with Gasteiger partial charge >= 0.3 is 0 Å². The summed E-state index contributed by atoms with van der Waals surface area (Å²) >= 11 is 1.31. The van der Waals surface area contributed by atoms with Crippen molar-refractivity contribution in [2.75, 3.05) is 5.32 Å². The van der Waals surface area contributed by atoms with E-state index in [1.807, 2.05) is 45.0 Å². The summed E-state index contributed by atoms with van der Waals surface area (Å²) in [6, 6.07) is 7.77. The van der Waals surface area contributed by atoms with Crippen molar-refractivity contribution in [2.24, 2.45) is 0 Å². The number of aryl methyl sites for hydroxylation is 1. The summed E-state index contributed by atoms with van der Waals surface area (Å²) in [6.45, 7) is 5.99. The third-order valence-corrected chi connectivity index (χ3v) is 2.51. The van der Waals surface area contributed by atoms with Gasteiger partial charge in [-0.15, -0.1) is 0 Å². The van der Waals surface area contributed by atoms with Crippen LogP contribution in [0.5, 0.6) is 0 Å². The number of para-hydroxylation sites is 1. The maximum absolute atomic E-state index is 11.4. The molecule has 0 saturated carbocycles. The maximum Gasteiger partial charge on any atom is 0.283 e. The Morgan fingerprint density at radius 1 is 1.36 bits per heavy atom. The zero-order valence-electron chi connectivity index (χ0n) is 8.70. The molecular weight excluding hydrogens is 194 g/mol. The number of hydrogen-bond donors (Lipinski definition) is 1. The van der Waals surface area contributed by atoms with Crippen LogP contribution in [0.3, 0.4) is 0 Å². The number of anilines is 1. The van der Waals surface area contributed by atoms with E-state index in [9.17, 15) is 4.79 Å². The molecule has 0 fully saturated rings. The Morgan fingerprint density at radius 2 is 2.00 bits per heavy atom. The van der Waals surface area contributed by atoms with Gasteiger partial charge in [0, 0.05) is 10.9 Å². The van der Waals surface area contributed by atoms with Crippen LogP contribution in [-0.2, 0) is 0 Å². The van der Waals surface area contributed by atoms with E-state index >= 15 is 0 Å². The number of rotatable bonds is 2. The van der Waals surface area contributed by atoms with Crippen LogP contribution in [0.2, 0.25) is 0 Å². The van der Waals surface area contributed by atoms with Gasteiger partial charge in [0.25, 0.3) is 5.24 Å². The second-order valence-electron chi connectivity index (χ2n) is 3.39. The summed E-state index contributed by atoms with van der Waals surface area (Å²) in [7, 11) is 0. The summed E-state index contributed by atoms with van der Waals surface area (Å²) in [4.78, 5) is 11.4. The third-order valence-electron chi connectivity index (χ3n) is 1.72. The molecule has 1 aromatic rings. The molecule has 0 radical (unpaired) electrons. The average Bonchev–Trinajstić information content (AvgIpc) is 2.07. The number of carbonyl (C=O) groups excluding carboxylic acids is 1. The lowest BCUT2D eigenvalue weighted by atomic mass is 10.2. The molecule has 14 heavy (non-hydrogen) atoms. The Balaban J connectivity index is 2.61. The van der Waals surface area contributed by atoms with E-state index in [4.69, 9.17) is 0 Å². The van der Waals surface area contributed by atoms with Crippen molar-refractivity contribution < 1.29 is 4.79 Å². The molecule has 3 heteroatoms. The van der Waals surface area contributed by atoms with E-state index in [1.165, 1.54) is 11.8 Å². The minimum atomic E-state index is 0.00861. The molecule has 0 bridgehead atoms. The minimum absolute atomic E-state index is 0.00861. The third kappa shape index (κ3) is 3.42. The van der Waals surface area contributed by atoms with E-state index in [0.717, 1.165) is 11.3 Å². The van der Waals surface area contributed by atoms with Gasteiger partial charge in [-0.1, -0.05) is 43.8 Å². The highest BCUT2D eigenvalue weighted by atomic mass is 32.2. The molecule has 0 saturated heterocycles. The second-order valence-corrected chi connectivity index (χ2v) is 4.94. The quantitative estimate of drug-likeness (QED) is 0.805. The number of benzene rings is 1. The van der Waals surface area contributed by atoms with E-state index in [0.29, 0.717) is 5.25 Å². The molecule has 0 aliphatic rings. The van der Waals surface area contributed by atoms with Crippen LogP contribution < -0.4 is 5.32 Å². The van der Waals surface area contributed by atoms with Crippen molar-refractivity contribution >= 4 is 22.7 Å². The highest BCUT2D eigenvalue weighted by molar-refractivity contribution is 8.14. The Labute approximate surface area is 89.1 Å². The van der Waals surface area contributed by atoms with Crippen molar-refractivity contribution in [3.8, 4) is 0 Å². The van der Waals surface area contributed by atoms with Crippen molar-refractivity contribution in [1.82, 2.24) is 0 Å². The molecular formula is C11H15NOS. The fraction of sp³-hybridized carbons (Fsp3) is 0.364. The normalized spacial score (nSPS) is 10.3. The molecule has 0 atom stereocenters. The molecule has 1 rings (SSSR count). The smallest absolute Gasteiger partial charge is 0.283 e. The first-order chi connectivity index (χ1) is 6.59. The topological polar surface area (TPSA) is 29.1 Å². The Kier molecular flexibility index (Phi) is 4.01. The lowest BCUT2D eigenvalue weighted by Gasteiger charge is -2.08. The molecule has 1 N–H and O–H groups in total. The number of carbonyl (C=O) groups is 1. The first-order valence-corrected chi connectivity index (χ1v) is 5.51. The first-order valence-electron chi connectivity index (χ1n) is 4.63. The SMILES string of the molecule is Cc1ccccc1NC(=O)SC(C)C. The van der Waals surface area contributed by atoms with Crippen molar-refractivity contribution in [1.29, 1.82) is 0 Å². The number of thioether (sulfide) groups is 1. The summed E-state index contributed by atoms with van der Waals surface area (Å²) in [5.41, 5.74) is 1.98. The average molecular weight is 209 g/mol. The predicted octanol–water partition coefficient (Wildman–Crippen LogP) is 3.67. The van der Waals surface area contributed by atoms with Gasteiger partial charge in [-0.2, -0.15) is 0 Å². The van der Waals surface area contributed by atoms with E-state index in [-0.39, 0.29) is 5.24 Å². The highest BCUT2D eigenvalue weighted by Gasteiger charge is 2.06. The summed E-state index contributed by atoms with van der Waals surface area (Å²) < 4.78 is 0. The van der Waals surface area contributed by atoms with Gasteiger partial charge in [-0.25, -0.2) is 0 Å². The van der Waals surface area contributed by atoms with Crippen LogP contribution >= 0.6 is 11.8 Å². The highest BCUT2D eigenvalue weighted by Crippen LogP contribution is 2.18. The largest absolute Gasteiger partial charge is 0.317 e. The molecule has 1 aromatic carbocycles. The number of nitrogens with one attached hydrogen (secondary N) is 1. The Morgan fingerprint density at radius 3 is 2.57 bits per heavy atom. The molecule has 1 amide bonds. The monoisotopic (exact) mass is 209 g/mol. The lowest BCUT2D eigenvalue weighted by molar-refractivity contribution is 0.269. The summed E-state index contributed by atoms with van der Waals surface area (Å²) in [5.74, 6) is 0. The van der Waals surface area contributed by atoms with Crippen LogP contribution in [0.25, 0.3) is 0 Å². The molecule has 0 aliphatic carbocycles. The van der Waals surface area contributed by atoms with E-state index in [2.05, 4.69) is 5.32 Å². The van der Waals surface area contributed by atoms with Crippen LogP contribution in [0.1, 0.15) is 19.4 Å². The van der Waals surface area contributed by atoms with Crippen LogP contribution in [0.4, 0.5) is 10.5 Å². The Bertz CT molecular complexity index is 323. The van der Waals surface area contributed by atoms with Gasteiger partial charge in [0.05, 0.1) is 0 Å². The molecule has 0 unspecified atom stereocenters. The van der Waals surface area contributed by atoms with Crippen LogP contribution in [0, 0.1) is 6.92 Å². The van der Waals surface area contributed by atoms with Gasteiger partial charge in [0.2, 0.25) is 0 Å². The van der Waals surface area contributed by atoms with Crippen molar-refractivity contribution in [2.45, 2.75) is 26.0 Å². The molecule has 2 nitrogen and oxygen atoms in total. The molecule has 0 aliphatic heterocycles. The predicted molar refractivity (Wildman–Crippen MR) is 62.9 cm³/mol. The fourth-order valence-corrected chi connectivity index (χ4v) is 1.66. The standard InChI is InChI=1S/C11H15NOS/c1-8(2)14-11(13)12-10-7-5-4-6-9(10)3/h4-8H,1-3H3,(H,12,13). The summed E-state index contributed by atoms with van der Waals surface area (Å²) in [5, 5.41) is 3.19. The second kappa shape index (κ2) is 5.05. The molecule has 0 aromatic heterocycles. The molecule has 76 valence electrons. The maximum atomic E-state index is 11.4. The summed E-state index contributed by atoms with van der Waals surface area (Å²) in [6.07, 6.45) is 0. The van der Waals surface area contributed by atoms with Crippen LogP contribution in [0.15, 0.2) is 24.3 Å². The van der Waals surface area contributed by atoms with Gasteiger partial charge in [0.15, 0.2) is 0 Å². The zero-order chi connectivity index (χ0) is 10.6. The van der Waals surface area contributed by atoms with Crippen molar-refractivity contribution in [3.05, 3.63) is 29.8 Å². The minimum Gasteiger partial charge on any atom is -0.317 e. The first kappa shape index (κ1) is 11.1. The molecule has 0 heterocycles. The van der Waals surface area contributed by atoms with Gasteiger partial charge in [0.1, 0.15) is 0 Å².